The molecule has 0 aliphatic rings. The first kappa shape index (κ1) is 25.3. The first-order chi connectivity index (χ1) is 16.8. The number of esters is 1. The average molecular weight is 496 g/mol. The normalized spacial score (nSPS) is 10.8. The Labute approximate surface area is 206 Å². The van der Waals surface area contributed by atoms with Crippen LogP contribution in [0.3, 0.4) is 0 Å². The number of carbonyl (C=O) groups is 3. The minimum absolute atomic E-state index is 0.175. The molecule has 0 aromatic heterocycles. The number of carbonyl (C=O) groups excluding carboxylic acids is 3. The van der Waals surface area contributed by atoms with Gasteiger partial charge >= 0.3 is 17.8 Å². The minimum atomic E-state index is -0.965. The molecule has 3 aromatic rings. The summed E-state index contributed by atoms with van der Waals surface area (Å²) in [4.78, 5) is 36.8. The van der Waals surface area contributed by atoms with E-state index in [1.54, 1.807) is 67.6 Å². The van der Waals surface area contributed by atoms with Crippen LogP contribution in [0.1, 0.15) is 22.8 Å². The van der Waals surface area contributed by atoms with Gasteiger partial charge in [0.2, 0.25) is 0 Å². The van der Waals surface area contributed by atoms with E-state index in [1.165, 1.54) is 20.3 Å². The van der Waals surface area contributed by atoms with Crippen LogP contribution in [0.2, 0.25) is 5.02 Å². The number of hydrogen-bond donors (Lipinski definition) is 2. The Morgan fingerprint density at radius 1 is 0.829 bits per heavy atom. The van der Waals surface area contributed by atoms with Crippen LogP contribution in [0.25, 0.3) is 0 Å². The van der Waals surface area contributed by atoms with Gasteiger partial charge in [-0.05, 0) is 49.4 Å². The quantitative estimate of drug-likeness (QED) is 0.168. The van der Waals surface area contributed by atoms with Crippen molar-refractivity contribution in [3.8, 4) is 17.2 Å². The van der Waals surface area contributed by atoms with Gasteiger partial charge in [0.25, 0.3) is 0 Å². The molecule has 0 radical (unpaired) electrons. The molecule has 180 valence electrons. The smallest absolute Gasteiger partial charge is 0.345 e. The van der Waals surface area contributed by atoms with Crippen molar-refractivity contribution in [3.63, 3.8) is 0 Å². The fraction of sp³-hybridized carbons (Fsp3) is 0.120. The molecule has 10 heteroatoms. The first-order valence-corrected chi connectivity index (χ1v) is 10.7. The lowest BCUT2D eigenvalue weighted by molar-refractivity contribution is -0.136. The lowest BCUT2D eigenvalue weighted by atomic mass is 10.1. The Kier molecular flexibility index (Phi) is 8.42. The molecule has 2 amide bonds. The maximum absolute atomic E-state index is 12.5. The van der Waals surface area contributed by atoms with Crippen LogP contribution < -0.4 is 25.0 Å². The van der Waals surface area contributed by atoms with Crippen molar-refractivity contribution in [1.29, 1.82) is 0 Å². The van der Waals surface area contributed by atoms with E-state index in [-0.39, 0.29) is 22.1 Å². The van der Waals surface area contributed by atoms with Gasteiger partial charge in [0.05, 0.1) is 36.2 Å². The van der Waals surface area contributed by atoms with E-state index in [0.29, 0.717) is 22.7 Å². The van der Waals surface area contributed by atoms with Crippen molar-refractivity contribution in [2.45, 2.75) is 6.92 Å². The molecule has 0 fully saturated rings. The summed E-state index contributed by atoms with van der Waals surface area (Å²) in [5.41, 5.74) is 3.71. The van der Waals surface area contributed by atoms with E-state index >= 15 is 0 Å². The third-order valence-corrected chi connectivity index (χ3v) is 5.09. The van der Waals surface area contributed by atoms with Crippen LogP contribution in [-0.4, -0.2) is 37.7 Å². The van der Waals surface area contributed by atoms with Crippen LogP contribution >= 0.6 is 11.6 Å². The van der Waals surface area contributed by atoms with Crippen LogP contribution in [-0.2, 0) is 9.59 Å². The van der Waals surface area contributed by atoms with Gasteiger partial charge < -0.3 is 19.5 Å². The van der Waals surface area contributed by atoms with Gasteiger partial charge in [-0.1, -0.05) is 35.9 Å². The summed E-state index contributed by atoms with van der Waals surface area (Å²) < 4.78 is 15.9. The number of nitrogens with one attached hydrogen (secondary N) is 2. The van der Waals surface area contributed by atoms with Crippen LogP contribution in [0.5, 0.6) is 17.2 Å². The van der Waals surface area contributed by atoms with E-state index < -0.39 is 17.8 Å². The van der Waals surface area contributed by atoms with Crippen LogP contribution in [0.4, 0.5) is 5.69 Å². The molecule has 0 spiro atoms. The number of anilines is 1. The molecule has 0 heterocycles. The summed E-state index contributed by atoms with van der Waals surface area (Å²) in [6.45, 7) is 1.63. The number of benzene rings is 3. The average Bonchev–Trinajstić information content (AvgIpc) is 2.87. The van der Waals surface area contributed by atoms with Gasteiger partial charge in [0.1, 0.15) is 5.75 Å². The highest BCUT2D eigenvalue weighted by molar-refractivity contribution is 6.39. The Morgan fingerprint density at radius 2 is 1.51 bits per heavy atom. The minimum Gasteiger partial charge on any atom is -0.495 e. The monoisotopic (exact) mass is 495 g/mol. The lowest BCUT2D eigenvalue weighted by Crippen LogP contribution is -2.33. The van der Waals surface area contributed by atoms with Crippen molar-refractivity contribution in [2.75, 3.05) is 19.5 Å². The molecule has 35 heavy (non-hydrogen) atoms. The molecular formula is C25H22ClN3O6. The standard InChI is InChI=1S/C25H22ClN3O6/c1-15(28-29-24(31)23(30)27-19-10-6-7-11-20(19)33-2)16-12-13-21(22(14-16)34-3)35-25(32)17-8-4-5-9-18(17)26/h4-14H,1-3H3,(H,27,30)(H,29,31). The van der Waals surface area contributed by atoms with Gasteiger partial charge in [0, 0.05) is 5.56 Å². The van der Waals surface area contributed by atoms with E-state index in [4.69, 9.17) is 25.8 Å². The summed E-state index contributed by atoms with van der Waals surface area (Å²) >= 11 is 6.05. The number of hydrogen-bond acceptors (Lipinski definition) is 7. The van der Waals surface area contributed by atoms with Crippen molar-refractivity contribution < 1.29 is 28.6 Å². The van der Waals surface area contributed by atoms with Gasteiger partial charge in [-0.15, -0.1) is 0 Å². The summed E-state index contributed by atoms with van der Waals surface area (Å²) in [7, 11) is 2.87. The molecular weight excluding hydrogens is 474 g/mol. The predicted molar refractivity (Wildman–Crippen MR) is 131 cm³/mol. The van der Waals surface area contributed by atoms with Gasteiger partial charge in [-0.3, -0.25) is 9.59 Å². The summed E-state index contributed by atoms with van der Waals surface area (Å²) in [6.07, 6.45) is 0. The molecule has 3 aromatic carbocycles. The highest BCUT2D eigenvalue weighted by atomic mass is 35.5. The van der Waals surface area contributed by atoms with E-state index in [9.17, 15) is 14.4 Å². The van der Waals surface area contributed by atoms with Crippen molar-refractivity contribution >= 4 is 40.8 Å². The number of halogens is 1. The Bertz CT molecular complexity index is 1290. The predicted octanol–water partition coefficient (Wildman–Crippen LogP) is 4.06. The number of ether oxygens (including phenoxy) is 3. The van der Waals surface area contributed by atoms with Gasteiger partial charge in [-0.2, -0.15) is 5.10 Å². The molecule has 9 nitrogen and oxygen atoms in total. The molecule has 0 saturated heterocycles. The SMILES string of the molecule is COc1ccccc1NC(=O)C(=O)NN=C(C)c1ccc(OC(=O)c2ccccc2Cl)c(OC)c1. The second-order valence-electron chi connectivity index (χ2n) is 7.03. The number of para-hydroxylation sites is 2. The van der Waals surface area contributed by atoms with Crippen LogP contribution in [0.15, 0.2) is 71.8 Å². The molecule has 0 saturated carbocycles. The third kappa shape index (κ3) is 6.36. The molecule has 0 unspecified atom stereocenters. The van der Waals surface area contributed by atoms with E-state index in [2.05, 4.69) is 15.8 Å². The van der Waals surface area contributed by atoms with Crippen molar-refractivity contribution in [1.82, 2.24) is 5.43 Å². The second-order valence-corrected chi connectivity index (χ2v) is 7.43. The summed E-state index contributed by atoms with van der Waals surface area (Å²) in [6, 6.07) is 17.9. The van der Waals surface area contributed by atoms with Crippen molar-refractivity contribution in [3.05, 3.63) is 82.9 Å². The Hall–Kier alpha value is -4.37. The molecule has 3 rings (SSSR count). The number of rotatable bonds is 7. The highest BCUT2D eigenvalue weighted by Gasteiger charge is 2.17. The fourth-order valence-corrected chi connectivity index (χ4v) is 3.15. The van der Waals surface area contributed by atoms with E-state index in [1.807, 2.05) is 0 Å². The molecule has 0 aliphatic heterocycles. The summed E-state index contributed by atoms with van der Waals surface area (Å²) in [5, 5.41) is 6.70. The van der Waals surface area contributed by atoms with Gasteiger partial charge in [0.15, 0.2) is 11.5 Å². The van der Waals surface area contributed by atoms with Crippen molar-refractivity contribution in [2.24, 2.45) is 5.10 Å². The zero-order chi connectivity index (χ0) is 25.4. The largest absolute Gasteiger partial charge is 0.495 e. The maximum atomic E-state index is 12.5. The number of amides is 2. The maximum Gasteiger partial charge on any atom is 0.345 e. The number of nitrogens with zero attached hydrogens (tertiary/aromatic N) is 1. The first-order valence-electron chi connectivity index (χ1n) is 10.3. The number of methoxy groups -OCH3 is 2. The summed E-state index contributed by atoms with van der Waals surface area (Å²) in [5.74, 6) is -1.67. The second kappa shape index (κ2) is 11.7. The topological polar surface area (TPSA) is 115 Å². The Balaban J connectivity index is 1.68. The lowest BCUT2D eigenvalue weighted by Gasteiger charge is -2.12. The zero-order valence-electron chi connectivity index (χ0n) is 19.1. The third-order valence-electron chi connectivity index (χ3n) is 4.76. The van der Waals surface area contributed by atoms with Gasteiger partial charge in [-0.25, -0.2) is 10.2 Å². The Morgan fingerprint density at radius 3 is 2.23 bits per heavy atom. The molecule has 0 bridgehead atoms. The highest BCUT2D eigenvalue weighted by Crippen LogP contribution is 2.30. The molecule has 2 N–H and O–H groups in total. The van der Waals surface area contributed by atoms with E-state index in [0.717, 1.165) is 0 Å². The number of hydrazone groups is 1. The molecule has 0 aliphatic carbocycles. The van der Waals surface area contributed by atoms with Crippen LogP contribution in [0, 0.1) is 0 Å². The fourth-order valence-electron chi connectivity index (χ4n) is 2.94. The molecule has 0 atom stereocenters. The zero-order valence-corrected chi connectivity index (χ0v) is 19.9.